The smallest absolute Gasteiger partial charge is 0.133 e. The first-order valence-corrected chi connectivity index (χ1v) is 9.58. The SMILES string of the molecule is C=CN(Cc1ccc(S/C=C\C)c(OCCCCC)c1)C1CC1. The Bertz CT molecular complexity index is 522. The minimum Gasteiger partial charge on any atom is -0.492 e. The molecule has 1 fully saturated rings. The van der Waals surface area contributed by atoms with Crippen LogP contribution in [0.5, 0.6) is 5.75 Å². The average molecular weight is 332 g/mol. The molecule has 1 aliphatic rings. The number of hydrogen-bond acceptors (Lipinski definition) is 3. The summed E-state index contributed by atoms with van der Waals surface area (Å²) < 4.78 is 6.07. The fourth-order valence-electron chi connectivity index (χ4n) is 2.50. The summed E-state index contributed by atoms with van der Waals surface area (Å²) >= 11 is 1.72. The largest absolute Gasteiger partial charge is 0.492 e. The van der Waals surface area contributed by atoms with E-state index in [4.69, 9.17) is 4.74 Å². The first-order chi connectivity index (χ1) is 11.3. The average Bonchev–Trinajstić information content (AvgIpc) is 3.40. The molecule has 0 aliphatic heterocycles. The Labute approximate surface area is 145 Å². The Morgan fingerprint density at radius 1 is 1.35 bits per heavy atom. The van der Waals surface area contributed by atoms with Crippen molar-refractivity contribution in [3.05, 3.63) is 48.0 Å². The summed E-state index contributed by atoms with van der Waals surface area (Å²) in [6.45, 7) is 9.94. The van der Waals surface area contributed by atoms with Gasteiger partial charge in [-0.25, -0.2) is 0 Å². The Kier molecular flexibility index (Phi) is 7.60. The molecular formula is C20H29NOS. The third-order valence-corrected chi connectivity index (χ3v) is 4.96. The molecule has 0 heterocycles. The first-order valence-electron chi connectivity index (χ1n) is 8.70. The molecule has 2 rings (SSSR count). The van der Waals surface area contributed by atoms with E-state index in [-0.39, 0.29) is 0 Å². The molecule has 1 saturated carbocycles. The highest BCUT2D eigenvalue weighted by Gasteiger charge is 2.26. The van der Waals surface area contributed by atoms with E-state index >= 15 is 0 Å². The monoisotopic (exact) mass is 331 g/mol. The normalized spacial score (nSPS) is 14.2. The van der Waals surface area contributed by atoms with Gasteiger partial charge in [-0.15, -0.1) is 0 Å². The van der Waals surface area contributed by atoms with Crippen molar-refractivity contribution >= 4 is 11.8 Å². The first kappa shape index (κ1) is 18.0. The van der Waals surface area contributed by atoms with Crippen LogP contribution in [0.4, 0.5) is 0 Å². The highest BCUT2D eigenvalue weighted by atomic mass is 32.2. The molecule has 0 N–H and O–H groups in total. The fraction of sp³-hybridized carbons (Fsp3) is 0.500. The summed E-state index contributed by atoms with van der Waals surface area (Å²) in [5.74, 6) is 1.02. The van der Waals surface area contributed by atoms with Crippen molar-refractivity contribution in [1.29, 1.82) is 0 Å². The van der Waals surface area contributed by atoms with Gasteiger partial charge in [-0.3, -0.25) is 0 Å². The molecule has 2 nitrogen and oxygen atoms in total. The molecule has 0 aromatic heterocycles. The van der Waals surface area contributed by atoms with Crippen LogP contribution in [-0.2, 0) is 6.54 Å². The van der Waals surface area contributed by atoms with Crippen LogP contribution in [0.3, 0.4) is 0 Å². The van der Waals surface area contributed by atoms with Crippen molar-refractivity contribution < 1.29 is 4.74 Å². The summed E-state index contributed by atoms with van der Waals surface area (Å²) in [4.78, 5) is 3.54. The maximum Gasteiger partial charge on any atom is 0.133 e. The van der Waals surface area contributed by atoms with Crippen molar-refractivity contribution in [2.24, 2.45) is 0 Å². The third kappa shape index (κ3) is 5.98. The van der Waals surface area contributed by atoms with Gasteiger partial charge in [0.1, 0.15) is 5.75 Å². The molecule has 126 valence electrons. The number of benzene rings is 1. The quantitative estimate of drug-likeness (QED) is 0.365. The van der Waals surface area contributed by atoms with Crippen molar-refractivity contribution in [2.75, 3.05) is 6.61 Å². The van der Waals surface area contributed by atoms with Gasteiger partial charge in [0.25, 0.3) is 0 Å². The van der Waals surface area contributed by atoms with Crippen molar-refractivity contribution in [3.8, 4) is 5.75 Å². The van der Waals surface area contributed by atoms with Crippen LogP contribution in [0.15, 0.2) is 47.4 Å². The van der Waals surface area contributed by atoms with Gasteiger partial charge in [-0.05, 0) is 55.5 Å². The molecule has 1 aromatic rings. The zero-order valence-electron chi connectivity index (χ0n) is 14.5. The van der Waals surface area contributed by atoms with Crippen LogP contribution in [-0.4, -0.2) is 17.5 Å². The van der Waals surface area contributed by atoms with Gasteiger partial charge >= 0.3 is 0 Å². The molecule has 0 saturated heterocycles. The second kappa shape index (κ2) is 9.71. The van der Waals surface area contributed by atoms with E-state index in [1.807, 2.05) is 13.1 Å². The minimum atomic E-state index is 0.693. The van der Waals surface area contributed by atoms with Gasteiger partial charge in [-0.1, -0.05) is 50.2 Å². The molecular weight excluding hydrogens is 302 g/mol. The molecule has 0 amide bonds. The Balaban J connectivity index is 2.05. The van der Waals surface area contributed by atoms with E-state index in [1.165, 1.54) is 36.1 Å². The lowest BCUT2D eigenvalue weighted by Gasteiger charge is -2.20. The molecule has 3 heteroatoms. The van der Waals surface area contributed by atoms with Crippen LogP contribution in [0.25, 0.3) is 0 Å². The number of hydrogen-bond donors (Lipinski definition) is 0. The highest BCUT2D eigenvalue weighted by molar-refractivity contribution is 8.02. The van der Waals surface area contributed by atoms with E-state index < -0.39 is 0 Å². The van der Waals surface area contributed by atoms with E-state index in [9.17, 15) is 0 Å². The van der Waals surface area contributed by atoms with Crippen LogP contribution < -0.4 is 4.74 Å². The van der Waals surface area contributed by atoms with E-state index in [0.29, 0.717) is 6.04 Å². The summed E-state index contributed by atoms with van der Waals surface area (Å²) in [6, 6.07) is 7.29. The number of rotatable bonds is 11. The van der Waals surface area contributed by atoms with E-state index in [1.54, 1.807) is 11.8 Å². The van der Waals surface area contributed by atoms with Crippen molar-refractivity contribution in [2.45, 2.75) is 63.4 Å². The maximum atomic E-state index is 6.07. The lowest BCUT2D eigenvalue weighted by Crippen LogP contribution is -2.18. The summed E-state index contributed by atoms with van der Waals surface area (Å²) in [5.41, 5.74) is 1.30. The second-order valence-corrected chi connectivity index (χ2v) is 6.96. The molecule has 0 bridgehead atoms. The lowest BCUT2D eigenvalue weighted by molar-refractivity contribution is 0.298. The van der Waals surface area contributed by atoms with Gasteiger partial charge in [0.2, 0.25) is 0 Å². The highest BCUT2D eigenvalue weighted by Crippen LogP contribution is 2.33. The predicted molar refractivity (Wildman–Crippen MR) is 101 cm³/mol. The van der Waals surface area contributed by atoms with Gasteiger partial charge in [-0.2, -0.15) is 0 Å². The Hall–Kier alpha value is -1.35. The summed E-state index contributed by atoms with van der Waals surface area (Å²) in [6.07, 6.45) is 10.2. The molecule has 1 aromatic carbocycles. The number of thioether (sulfide) groups is 1. The van der Waals surface area contributed by atoms with Crippen LogP contribution in [0.2, 0.25) is 0 Å². The molecule has 0 unspecified atom stereocenters. The summed E-state index contributed by atoms with van der Waals surface area (Å²) in [7, 11) is 0. The Morgan fingerprint density at radius 3 is 2.83 bits per heavy atom. The van der Waals surface area contributed by atoms with Gasteiger partial charge in [0.15, 0.2) is 0 Å². The molecule has 0 atom stereocenters. The molecule has 23 heavy (non-hydrogen) atoms. The molecule has 1 aliphatic carbocycles. The standard InChI is InChI=1S/C20H29NOS/c1-4-7-8-13-22-19-15-17(9-12-20(19)23-14-5-2)16-21(6-3)18-10-11-18/h5-6,9,12,14-15,18H,3-4,7-8,10-11,13,16H2,1-2H3/b14-5-. The third-order valence-electron chi connectivity index (χ3n) is 3.96. The van der Waals surface area contributed by atoms with Gasteiger partial charge in [0.05, 0.1) is 11.5 Å². The fourth-order valence-corrected chi connectivity index (χ4v) is 3.16. The van der Waals surface area contributed by atoms with Crippen molar-refractivity contribution in [1.82, 2.24) is 4.90 Å². The summed E-state index contributed by atoms with van der Waals surface area (Å²) in [5, 5.41) is 2.11. The maximum absolute atomic E-state index is 6.07. The number of nitrogens with zero attached hydrogens (tertiary/aromatic N) is 1. The topological polar surface area (TPSA) is 12.5 Å². The second-order valence-electron chi connectivity index (χ2n) is 6.01. The van der Waals surface area contributed by atoms with E-state index in [0.717, 1.165) is 25.3 Å². The van der Waals surface area contributed by atoms with Gasteiger partial charge in [0, 0.05) is 12.6 Å². The predicted octanol–water partition coefficient (Wildman–Crippen LogP) is 5.99. The molecule has 0 radical (unpaired) electrons. The van der Waals surface area contributed by atoms with Crippen LogP contribution >= 0.6 is 11.8 Å². The number of allylic oxidation sites excluding steroid dienone is 1. The van der Waals surface area contributed by atoms with Gasteiger partial charge < -0.3 is 9.64 Å². The van der Waals surface area contributed by atoms with Crippen LogP contribution in [0, 0.1) is 0 Å². The Morgan fingerprint density at radius 2 is 2.17 bits per heavy atom. The zero-order chi connectivity index (χ0) is 16.5. The van der Waals surface area contributed by atoms with E-state index in [2.05, 4.69) is 48.1 Å². The van der Waals surface area contributed by atoms with Crippen molar-refractivity contribution in [3.63, 3.8) is 0 Å². The van der Waals surface area contributed by atoms with Crippen LogP contribution in [0.1, 0.15) is 51.5 Å². The number of ether oxygens (including phenoxy) is 1. The lowest BCUT2D eigenvalue weighted by atomic mass is 10.2. The minimum absolute atomic E-state index is 0.693. The zero-order valence-corrected chi connectivity index (χ0v) is 15.3. The molecule has 0 spiro atoms. The number of unbranched alkanes of at least 4 members (excludes halogenated alkanes) is 2.